The first-order valence-electron chi connectivity index (χ1n) is 10.7. The Morgan fingerprint density at radius 2 is 1.82 bits per heavy atom. The number of rotatable bonds is 7. The van der Waals surface area contributed by atoms with Gasteiger partial charge >= 0.3 is 0 Å². The monoisotopic (exact) mass is 386 g/mol. The summed E-state index contributed by atoms with van der Waals surface area (Å²) in [5.41, 5.74) is 2.04. The Hall–Kier alpha value is -1.92. The third-order valence-electron chi connectivity index (χ3n) is 5.99. The van der Waals surface area contributed by atoms with E-state index in [1.165, 1.54) is 0 Å². The van der Waals surface area contributed by atoms with Crippen LogP contribution in [0.25, 0.3) is 0 Å². The highest BCUT2D eigenvalue weighted by Gasteiger charge is 2.30. The Morgan fingerprint density at radius 3 is 2.57 bits per heavy atom. The highest BCUT2D eigenvalue weighted by Crippen LogP contribution is 2.28. The third kappa shape index (κ3) is 5.11. The highest BCUT2D eigenvalue weighted by atomic mass is 16.2. The van der Waals surface area contributed by atoms with E-state index in [4.69, 9.17) is 0 Å². The molecule has 0 aromatic heterocycles. The molecule has 2 aliphatic heterocycles. The van der Waals surface area contributed by atoms with Crippen molar-refractivity contribution in [1.82, 2.24) is 15.1 Å². The van der Waals surface area contributed by atoms with Crippen LogP contribution in [0, 0.1) is 0 Å². The van der Waals surface area contributed by atoms with E-state index in [1.54, 1.807) is 4.90 Å². The van der Waals surface area contributed by atoms with Gasteiger partial charge in [-0.1, -0.05) is 25.1 Å². The zero-order chi connectivity index (χ0) is 19.9. The van der Waals surface area contributed by atoms with Gasteiger partial charge in [-0.3, -0.25) is 14.5 Å². The minimum Gasteiger partial charge on any atom is -0.354 e. The molecule has 0 aliphatic carbocycles. The number of likely N-dealkylation sites (N-methyl/N-ethyl adjacent to an activating group) is 1. The Balaban J connectivity index is 1.48. The lowest BCUT2D eigenvalue weighted by Crippen LogP contribution is -2.49. The van der Waals surface area contributed by atoms with Gasteiger partial charge in [-0.25, -0.2) is 0 Å². The first-order valence-corrected chi connectivity index (χ1v) is 10.7. The van der Waals surface area contributed by atoms with Crippen molar-refractivity contribution in [2.45, 2.75) is 45.6 Å². The predicted octanol–water partition coefficient (Wildman–Crippen LogP) is 1.89. The van der Waals surface area contributed by atoms with Gasteiger partial charge in [0.05, 0.1) is 0 Å². The summed E-state index contributed by atoms with van der Waals surface area (Å²) in [5, 5.41) is 3.04. The van der Waals surface area contributed by atoms with E-state index in [2.05, 4.69) is 28.1 Å². The van der Waals surface area contributed by atoms with Crippen molar-refractivity contribution in [2.24, 2.45) is 0 Å². The second-order valence-electron chi connectivity index (χ2n) is 7.84. The second-order valence-corrected chi connectivity index (χ2v) is 7.84. The van der Waals surface area contributed by atoms with Crippen LogP contribution in [0.4, 0.5) is 5.69 Å². The van der Waals surface area contributed by atoms with Crippen LogP contribution in [0.2, 0.25) is 0 Å². The van der Waals surface area contributed by atoms with Crippen molar-refractivity contribution < 1.29 is 9.59 Å². The molecule has 3 rings (SSSR count). The largest absolute Gasteiger partial charge is 0.354 e. The van der Waals surface area contributed by atoms with Gasteiger partial charge in [0.1, 0.15) is 6.04 Å². The standard InChI is InChI=1S/C22H34N4O2/c1-3-24-14-16-25(17-15-24)13-7-12-23-22(28)18(2)26-20-10-5-4-8-19(20)9-6-11-21(26)27/h4-5,8,10,18H,3,6-7,9,11-17H2,1-2H3,(H,23,28)/t18-/m1/s1. The van der Waals surface area contributed by atoms with Crippen LogP contribution in [0.5, 0.6) is 0 Å². The minimum absolute atomic E-state index is 0.0430. The molecule has 28 heavy (non-hydrogen) atoms. The number of hydrogen-bond acceptors (Lipinski definition) is 4. The molecule has 0 unspecified atom stereocenters. The normalized spacial score (nSPS) is 19.8. The van der Waals surface area contributed by atoms with Crippen LogP contribution in [0.3, 0.4) is 0 Å². The van der Waals surface area contributed by atoms with Gasteiger partial charge in [-0.2, -0.15) is 0 Å². The molecule has 6 nitrogen and oxygen atoms in total. The van der Waals surface area contributed by atoms with E-state index in [0.717, 1.165) is 69.8 Å². The fourth-order valence-corrected chi connectivity index (χ4v) is 4.18. The summed E-state index contributed by atoms with van der Waals surface area (Å²) in [7, 11) is 0. The summed E-state index contributed by atoms with van der Waals surface area (Å²) >= 11 is 0. The lowest BCUT2D eigenvalue weighted by Gasteiger charge is -2.34. The van der Waals surface area contributed by atoms with E-state index >= 15 is 0 Å². The third-order valence-corrected chi connectivity index (χ3v) is 5.99. The molecule has 0 spiro atoms. The SMILES string of the molecule is CCN1CCN(CCCNC(=O)[C@@H](C)N2C(=O)CCCc3ccccc32)CC1. The summed E-state index contributed by atoms with van der Waals surface area (Å²) < 4.78 is 0. The zero-order valence-electron chi connectivity index (χ0n) is 17.3. The number of carbonyl (C=O) groups excluding carboxylic acids is 2. The first kappa shape index (κ1) is 20.8. The van der Waals surface area contributed by atoms with Crippen LogP contribution in [0.1, 0.15) is 38.7 Å². The molecule has 1 aromatic carbocycles. The van der Waals surface area contributed by atoms with Crippen molar-refractivity contribution >= 4 is 17.5 Å². The number of para-hydroxylation sites is 1. The van der Waals surface area contributed by atoms with Crippen molar-refractivity contribution in [2.75, 3.05) is 50.7 Å². The molecule has 0 radical (unpaired) electrons. The number of nitrogens with one attached hydrogen (secondary N) is 1. The molecule has 0 saturated carbocycles. The summed E-state index contributed by atoms with van der Waals surface area (Å²) in [6, 6.07) is 7.47. The molecule has 0 bridgehead atoms. The molecule has 1 atom stereocenters. The number of aryl methyl sites for hydroxylation is 1. The van der Waals surface area contributed by atoms with Crippen LogP contribution in [-0.2, 0) is 16.0 Å². The second kappa shape index (κ2) is 10.0. The number of piperazine rings is 1. The van der Waals surface area contributed by atoms with Crippen LogP contribution < -0.4 is 10.2 Å². The topological polar surface area (TPSA) is 55.9 Å². The summed E-state index contributed by atoms with van der Waals surface area (Å²) in [6.07, 6.45) is 3.16. The fraction of sp³-hybridized carbons (Fsp3) is 0.636. The predicted molar refractivity (Wildman–Crippen MR) is 113 cm³/mol. The highest BCUT2D eigenvalue weighted by molar-refractivity contribution is 6.01. The van der Waals surface area contributed by atoms with Crippen molar-refractivity contribution in [1.29, 1.82) is 0 Å². The number of hydrogen-bond donors (Lipinski definition) is 1. The Morgan fingerprint density at radius 1 is 1.11 bits per heavy atom. The van der Waals surface area contributed by atoms with Gasteiger partial charge < -0.3 is 15.1 Å². The fourth-order valence-electron chi connectivity index (χ4n) is 4.18. The lowest BCUT2D eigenvalue weighted by molar-refractivity contribution is -0.126. The smallest absolute Gasteiger partial charge is 0.242 e. The van der Waals surface area contributed by atoms with E-state index in [-0.39, 0.29) is 11.8 Å². The zero-order valence-corrected chi connectivity index (χ0v) is 17.3. The van der Waals surface area contributed by atoms with Crippen LogP contribution in [-0.4, -0.2) is 73.5 Å². The molecule has 154 valence electrons. The average molecular weight is 387 g/mol. The molecule has 1 aromatic rings. The van der Waals surface area contributed by atoms with E-state index in [1.807, 2.05) is 25.1 Å². The average Bonchev–Trinajstić information content (AvgIpc) is 2.89. The molecule has 1 saturated heterocycles. The van der Waals surface area contributed by atoms with Crippen LogP contribution >= 0.6 is 0 Å². The molecular formula is C22H34N4O2. The molecular weight excluding hydrogens is 352 g/mol. The quantitative estimate of drug-likeness (QED) is 0.727. The van der Waals surface area contributed by atoms with Gasteiger partial charge in [0.2, 0.25) is 11.8 Å². The maximum Gasteiger partial charge on any atom is 0.242 e. The summed E-state index contributed by atoms with van der Waals surface area (Å²) in [6.45, 7) is 11.3. The molecule has 1 N–H and O–H groups in total. The van der Waals surface area contributed by atoms with Crippen molar-refractivity contribution in [3.8, 4) is 0 Å². The van der Waals surface area contributed by atoms with Gasteiger partial charge in [-0.15, -0.1) is 0 Å². The maximum atomic E-state index is 12.7. The Labute approximate surface area is 168 Å². The number of anilines is 1. The van der Waals surface area contributed by atoms with Gasteiger partial charge in [-0.05, 0) is 50.9 Å². The molecule has 2 amide bonds. The number of benzene rings is 1. The number of nitrogens with zero attached hydrogens (tertiary/aromatic N) is 3. The number of amides is 2. The Kier molecular flexibility index (Phi) is 7.45. The lowest BCUT2D eigenvalue weighted by atomic mass is 10.1. The summed E-state index contributed by atoms with van der Waals surface area (Å²) in [5.74, 6) is -0.0257. The molecule has 2 heterocycles. The molecule has 1 fully saturated rings. The van der Waals surface area contributed by atoms with E-state index < -0.39 is 6.04 Å². The van der Waals surface area contributed by atoms with Crippen LogP contribution in [0.15, 0.2) is 24.3 Å². The maximum absolute atomic E-state index is 12.7. The summed E-state index contributed by atoms with van der Waals surface area (Å²) in [4.78, 5) is 32.0. The minimum atomic E-state index is -0.486. The van der Waals surface area contributed by atoms with Gasteiger partial charge in [0, 0.05) is 44.8 Å². The number of carbonyl (C=O) groups is 2. The molecule has 6 heteroatoms. The van der Waals surface area contributed by atoms with Crippen molar-refractivity contribution in [3.63, 3.8) is 0 Å². The number of fused-ring (bicyclic) bond motifs is 1. The Bertz CT molecular complexity index is 670. The first-order chi connectivity index (χ1) is 13.6. The van der Waals surface area contributed by atoms with Gasteiger partial charge in [0.25, 0.3) is 0 Å². The molecule has 2 aliphatic rings. The van der Waals surface area contributed by atoms with Crippen molar-refractivity contribution in [3.05, 3.63) is 29.8 Å². The van der Waals surface area contributed by atoms with E-state index in [9.17, 15) is 9.59 Å². The van der Waals surface area contributed by atoms with Gasteiger partial charge in [0.15, 0.2) is 0 Å². The van der Waals surface area contributed by atoms with E-state index in [0.29, 0.717) is 13.0 Å².